The maximum atomic E-state index is 4.93. The Kier molecular flexibility index (Phi) is 7.94. The van der Waals surface area contributed by atoms with Crippen molar-refractivity contribution in [2.45, 2.75) is 32.6 Å². The molecule has 0 atom stereocenters. The average Bonchev–Trinajstić information content (AvgIpc) is 2.97. The predicted molar refractivity (Wildman–Crippen MR) is 94.8 cm³/mol. The van der Waals surface area contributed by atoms with E-state index in [4.69, 9.17) is 17.0 Å². The molecule has 22 heavy (non-hydrogen) atoms. The Bertz CT molecular complexity index is 621. The first kappa shape index (κ1) is 18.0. The zero-order valence-corrected chi connectivity index (χ0v) is 16.8. The zero-order chi connectivity index (χ0) is 15.8. The van der Waals surface area contributed by atoms with Crippen LogP contribution in [0.5, 0.6) is 0 Å². The van der Waals surface area contributed by atoms with Crippen LogP contribution in [0.4, 0.5) is 0 Å². The minimum absolute atomic E-state index is 0.826. The summed E-state index contributed by atoms with van der Waals surface area (Å²) in [5, 5.41) is 0. The molecular formula is C19H20Cl2Zr. The van der Waals surface area contributed by atoms with Crippen LogP contribution >= 0.6 is 17.0 Å². The van der Waals surface area contributed by atoms with Crippen molar-refractivity contribution < 1.29 is 20.8 Å². The van der Waals surface area contributed by atoms with Gasteiger partial charge in [-0.25, -0.2) is 0 Å². The van der Waals surface area contributed by atoms with Gasteiger partial charge in [0.2, 0.25) is 0 Å². The second-order valence-corrected chi connectivity index (χ2v) is 9.13. The van der Waals surface area contributed by atoms with Crippen molar-refractivity contribution in [3.05, 3.63) is 65.2 Å². The van der Waals surface area contributed by atoms with Crippen molar-refractivity contribution in [2.24, 2.45) is 0 Å². The van der Waals surface area contributed by atoms with Gasteiger partial charge in [0.15, 0.2) is 0 Å². The molecule has 0 aliphatic heterocycles. The molecule has 0 N–H and O–H groups in total. The first-order valence-corrected chi connectivity index (χ1v) is 14.0. The van der Waals surface area contributed by atoms with Crippen LogP contribution in [-0.2, 0) is 27.3 Å². The monoisotopic (exact) mass is 408 g/mol. The molecule has 0 radical (unpaired) electrons. The van der Waals surface area contributed by atoms with Crippen LogP contribution in [0.1, 0.15) is 37.3 Å². The number of allylic oxidation sites excluding steroid dienone is 1. The molecule has 0 unspecified atom stereocenters. The molecule has 2 aromatic carbocycles. The molecule has 0 heterocycles. The molecule has 0 amide bonds. The standard InChI is InChI=1S/C19H20.2ClH.Zr/c1-2-3-8-15-13-17-11-7-12-18(19(17)14-15)16-9-5-4-6-10-16;;;/h4-7,9-12,14H,2-3,8,13H2,1H3;2*1H;/q;;;+2/p-2. The minimum atomic E-state index is -0.826. The van der Waals surface area contributed by atoms with Crippen LogP contribution in [0.25, 0.3) is 17.2 Å². The van der Waals surface area contributed by atoms with Crippen molar-refractivity contribution in [3.8, 4) is 11.1 Å². The van der Waals surface area contributed by atoms with Crippen LogP contribution in [0.15, 0.2) is 54.1 Å². The molecule has 0 aromatic heterocycles. The molecule has 0 saturated carbocycles. The Hall–Kier alpha value is -0.357. The van der Waals surface area contributed by atoms with Crippen LogP contribution in [0, 0.1) is 0 Å². The summed E-state index contributed by atoms with van der Waals surface area (Å²) >= 11 is -0.826. The first-order chi connectivity index (χ1) is 10.8. The Morgan fingerprint density at radius 2 is 1.73 bits per heavy atom. The van der Waals surface area contributed by atoms with Crippen LogP contribution in [-0.4, -0.2) is 0 Å². The fraction of sp³-hybridized carbons (Fsp3) is 0.263. The molecular weight excluding hydrogens is 390 g/mol. The van der Waals surface area contributed by atoms with E-state index in [0.717, 1.165) is 6.42 Å². The quantitative estimate of drug-likeness (QED) is 0.516. The molecule has 0 fully saturated rings. The SMILES string of the molecule is CCCCC1=Cc2c(cccc2-c2ccccc2)C1.[Cl][Zr][Cl]. The van der Waals surface area contributed by atoms with Gasteiger partial charge in [-0.2, -0.15) is 0 Å². The maximum absolute atomic E-state index is 4.93. The molecule has 2 aromatic rings. The summed E-state index contributed by atoms with van der Waals surface area (Å²) in [5.41, 5.74) is 7.24. The van der Waals surface area contributed by atoms with E-state index in [0.29, 0.717) is 0 Å². The Balaban J connectivity index is 0.000000545. The van der Waals surface area contributed by atoms with Gasteiger partial charge in [-0.3, -0.25) is 0 Å². The van der Waals surface area contributed by atoms with Crippen LogP contribution in [0.3, 0.4) is 0 Å². The molecule has 3 heteroatoms. The Morgan fingerprint density at radius 3 is 2.41 bits per heavy atom. The van der Waals surface area contributed by atoms with E-state index in [1.165, 1.54) is 41.5 Å². The molecule has 0 nitrogen and oxygen atoms in total. The summed E-state index contributed by atoms with van der Waals surface area (Å²) in [5.74, 6) is 0. The molecule has 0 spiro atoms. The Labute approximate surface area is 152 Å². The van der Waals surface area contributed by atoms with Crippen LogP contribution < -0.4 is 0 Å². The van der Waals surface area contributed by atoms with Gasteiger partial charge in [0.05, 0.1) is 0 Å². The second-order valence-electron chi connectivity index (χ2n) is 5.40. The fourth-order valence-corrected chi connectivity index (χ4v) is 2.87. The number of fused-ring (bicyclic) bond motifs is 1. The molecule has 0 bridgehead atoms. The Morgan fingerprint density at radius 1 is 1.00 bits per heavy atom. The number of halogens is 2. The van der Waals surface area contributed by atoms with Crippen molar-refractivity contribution in [2.75, 3.05) is 0 Å². The molecule has 1 aliphatic carbocycles. The van der Waals surface area contributed by atoms with Gasteiger partial charge in [-0.1, -0.05) is 73.5 Å². The van der Waals surface area contributed by atoms with Crippen molar-refractivity contribution in [1.82, 2.24) is 0 Å². The molecule has 114 valence electrons. The van der Waals surface area contributed by atoms with Crippen molar-refractivity contribution in [3.63, 3.8) is 0 Å². The van der Waals surface area contributed by atoms with E-state index in [2.05, 4.69) is 61.5 Å². The third kappa shape index (κ3) is 4.82. The van der Waals surface area contributed by atoms with Gasteiger partial charge in [0.1, 0.15) is 0 Å². The van der Waals surface area contributed by atoms with Gasteiger partial charge < -0.3 is 0 Å². The van der Waals surface area contributed by atoms with Gasteiger partial charge in [0, 0.05) is 0 Å². The van der Waals surface area contributed by atoms with Crippen molar-refractivity contribution in [1.29, 1.82) is 0 Å². The normalized spacial score (nSPS) is 12.0. The van der Waals surface area contributed by atoms with E-state index in [9.17, 15) is 0 Å². The first-order valence-electron chi connectivity index (χ1n) is 7.63. The van der Waals surface area contributed by atoms with Gasteiger partial charge in [-0.05, 0) is 41.5 Å². The summed E-state index contributed by atoms with van der Waals surface area (Å²) in [7, 11) is 9.87. The van der Waals surface area contributed by atoms with E-state index in [1.54, 1.807) is 5.57 Å². The number of unbranched alkanes of at least 4 members (excludes halogenated alkanes) is 1. The van der Waals surface area contributed by atoms with Crippen LogP contribution in [0.2, 0.25) is 0 Å². The fourth-order valence-electron chi connectivity index (χ4n) is 2.87. The third-order valence-electron chi connectivity index (χ3n) is 3.90. The van der Waals surface area contributed by atoms with Gasteiger partial charge >= 0.3 is 37.9 Å². The number of benzene rings is 2. The number of hydrogen-bond acceptors (Lipinski definition) is 0. The third-order valence-corrected chi connectivity index (χ3v) is 3.90. The van der Waals surface area contributed by atoms with E-state index in [-0.39, 0.29) is 0 Å². The second kappa shape index (κ2) is 9.71. The van der Waals surface area contributed by atoms with E-state index >= 15 is 0 Å². The topological polar surface area (TPSA) is 0 Å². The predicted octanol–water partition coefficient (Wildman–Crippen LogP) is 6.86. The molecule has 1 aliphatic rings. The summed E-state index contributed by atoms with van der Waals surface area (Å²) in [6.45, 7) is 2.26. The van der Waals surface area contributed by atoms with Crippen molar-refractivity contribution >= 4 is 23.1 Å². The van der Waals surface area contributed by atoms with E-state index in [1.807, 2.05) is 0 Å². The molecule has 3 rings (SSSR count). The summed E-state index contributed by atoms with van der Waals surface area (Å²) in [6, 6.07) is 17.4. The average molecular weight is 410 g/mol. The number of rotatable bonds is 4. The van der Waals surface area contributed by atoms with Gasteiger partial charge in [0.25, 0.3) is 0 Å². The summed E-state index contributed by atoms with van der Waals surface area (Å²) in [6.07, 6.45) is 7.41. The summed E-state index contributed by atoms with van der Waals surface area (Å²) in [4.78, 5) is 0. The van der Waals surface area contributed by atoms with Gasteiger partial charge in [-0.15, -0.1) is 0 Å². The van der Waals surface area contributed by atoms with E-state index < -0.39 is 20.8 Å². The summed E-state index contributed by atoms with van der Waals surface area (Å²) < 4.78 is 0. The number of hydrogen-bond donors (Lipinski definition) is 0. The zero-order valence-electron chi connectivity index (χ0n) is 12.8. The molecule has 0 saturated heterocycles.